The van der Waals surface area contributed by atoms with E-state index in [1.54, 1.807) is 0 Å². The average Bonchev–Trinajstić information content (AvgIpc) is 2.19. The van der Waals surface area contributed by atoms with Crippen LogP contribution in [0.5, 0.6) is 0 Å². The molecule has 0 aliphatic carbocycles. The van der Waals surface area contributed by atoms with Gasteiger partial charge in [0.15, 0.2) is 0 Å². The summed E-state index contributed by atoms with van der Waals surface area (Å²) < 4.78 is 23.6. The predicted octanol–water partition coefficient (Wildman–Crippen LogP) is 2.75. The van der Waals surface area contributed by atoms with Crippen molar-refractivity contribution >= 4 is 16.9 Å². The van der Waals surface area contributed by atoms with Crippen LogP contribution in [0.2, 0.25) is 0 Å². The van der Waals surface area contributed by atoms with E-state index in [4.69, 9.17) is 0 Å². The van der Waals surface area contributed by atoms with Crippen LogP contribution < -0.4 is 0 Å². The molecule has 0 atom stereocenters. The number of hydrogen-bond donors (Lipinski definition) is 0. The molecular formula is C10H10F2OS. The van der Waals surface area contributed by atoms with E-state index in [-0.39, 0.29) is 0 Å². The third-order valence-corrected chi connectivity index (χ3v) is 2.53. The summed E-state index contributed by atoms with van der Waals surface area (Å²) in [5.74, 6) is 0.410. The standard InChI is InChI=1S/C10H10F2OS/c11-9(12)10(13)14-7-6-8-4-2-1-3-5-8/h1-5,9H,6-7H2. The van der Waals surface area contributed by atoms with Crippen LogP contribution in [0, 0.1) is 0 Å². The zero-order valence-corrected chi connectivity index (χ0v) is 8.27. The van der Waals surface area contributed by atoms with E-state index in [1.807, 2.05) is 30.3 Å². The molecule has 0 heterocycles. The Morgan fingerprint density at radius 2 is 1.93 bits per heavy atom. The lowest BCUT2D eigenvalue weighted by Gasteiger charge is -2.00. The Kier molecular flexibility index (Phi) is 4.59. The quantitative estimate of drug-likeness (QED) is 0.769. The highest BCUT2D eigenvalue weighted by atomic mass is 32.2. The summed E-state index contributed by atoms with van der Waals surface area (Å²) in [6.07, 6.45) is -2.21. The van der Waals surface area contributed by atoms with E-state index in [9.17, 15) is 13.6 Å². The Morgan fingerprint density at radius 1 is 1.29 bits per heavy atom. The van der Waals surface area contributed by atoms with Gasteiger partial charge in [-0.15, -0.1) is 0 Å². The Bertz CT molecular complexity index is 287. The van der Waals surface area contributed by atoms with Gasteiger partial charge in [0.1, 0.15) is 0 Å². The van der Waals surface area contributed by atoms with E-state index >= 15 is 0 Å². The first-order chi connectivity index (χ1) is 6.70. The third-order valence-electron chi connectivity index (χ3n) is 1.66. The van der Waals surface area contributed by atoms with Gasteiger partial charge in [-0.1, -0.05) is 42.1 Å². The minimum Gasteiger partial charge on any atom is -0.281 e. The Balaban J connectivity index is 2.26. The molecule has 0 amide bonds. The SMILES string of the molecule is O=C(SCCc1ccccc1)C(F)F. The van der Waals surface area contributed by atoms with Crippen molar-refractivity contribution in [1.29, 1.82) is 0 Å². The summed E-state index contributed by atoms with van der Waals surface area (Å²) in [6.45, 7) is 0. The molecule has 0 N–H and O–H groups in total. The van der Waals surface area contributed by atoms with Crippen LogP contribution in [0.4, 0.5) is 8.78 Å². The van der Waals surface area contributed by atoms with Crippen LogP contribution in [-0.4, -0.2) is 17.3 Å². The maximum Gasteiger partial charge on any atom is 0.306 e. The first-order valence-corrected chi connectivity index (χ1v) is 5.17. The molecular weight excluding hydrogens is 206 g/mol. The second-order valence-electron chi connectivity index (χ2n) is 2.70. The Labute approximate surface area is 85.5 Å². The van der Waals surface area contributed by atoms with Gasteiger partial charge in [0.25, 0.3) is 5.12 Å². The Morgan fingerprint density at radius 3 is 2.50 bits per heavy atom. The van der Waals surface area contributed by atoms with Crippen LogP contribution in [-0.2, 0) is 11.2 Å². The molecule has 1 aromatic carbocycles. The fourth-order valence-electron chi connectivity index (χ4n) is 0.977. The molecule has 76 valence electrons. The molecule has 14 heavy (non-hydrogen) atoms. The van der Waals surface area contributed by atoms with Gasteiger partial charge in [0.2, 0.25) is 0 Å². The minimum absolute atomic E-state index is 0.410. The summed E-state index contributed by atoms with van der Waals surface area (Å²) in [7, 11) is 0. The van der Waals surface area contributed by atoms with Crippen LogP contribution in [0.1, 0.15) is 5.56 Å². The molecule has 0 radical (unpaired) electrons. The van der Waals surface area contributed by atoms with Gasteiger partial charge in [-0.05, 0) is 12.0 Å². The molecule has 0 aliphatic rings. The lowest BCUT2D eigenvalue weighted by atomic mass is 10.2. The summed E-state index contributed by atoms with van der Waals surface area (Å²) >= 11 is 0.690. The van der Waals surface area contributed by atoms with Gasteiger partial charge in [-0.2, -0.15) is 0 Å². The fourth-order valence-corrected chi connectivity index (χ4v) is 1.64. The van der Waals surface area contributed by atoms with Crippen molar-refractivity contribution < 1.29 is 13.6 Å². The molecule has 0 bridgehead atoms. The van der Waals surface area contributed by atoms with Crippen LogP contribution in [0.3, 0.4) is 0 Å². The molecule has 0 fully saturated rings. The van der Waals surface area contributed by atoms with E-state index in [2.05, 4.69) is 0 Å². The van der Waals surface area contributed by atoms with Crippen molar-refractivity contribution in [3.8, 4) is 0 Å². The van der Waals surface area contributed by atoms with Gasteiger partial charge in [-0.25, -0.2) is 8.78 Å². The zero-order chi connectivity index (χ0) is 10.4. The number of aryl methyl sites for hydroxylation is 1. The predicted molar refractivity (Wildman–Crippen MR) is 53.6 cm³/mol. The van der Waals surface area contributed by atoms with E-state index in [0.717, 1.165) is 5.56 Å². The summed E-state index contributed by atoms with van der Waals surface area (Å²) in [5, 5.41) is -1.04. The highest BCUT2D eigenvalue weighted by Crippen LogP contribution is 2.12. The summed E-state index contributed by atoms with van der Waals surface area (Å²) in [6, 6.07) is 9.48. The van der Waals surface area contributed by atoms with Crippen molar-refractivity contribution in [3.63, 3.8) is 0 Å². The molecule has 1 aromatic rings. The number of thioether (sulfide) groups is 1. The number of halogens is 2. The van der Waals surface area contributed by atoms with Gasteiger partial charge in [0.05, 0.1) is 0 Å². The highest BCUT2D eigenvalue weighted by molar-refractivity contribution is 8.13. The molecule has 0 unspecified atom stereocenters. The van der Waals surface area contributed by atoms with E-state index in [1.165, 1.54) is 0 Å². The number of rotatable bonds is 4. The molecule has 1 rings (SSSR count). The van der Waals surface area contributed by atoms with Crippen LogP contribution in [0.15, 0.2) is 30.3 Å². The van der Waals surface area contributed by atoms with Crippen LogP contribution in [0.25, 0.3) is 0 Å². The number of alkyl halides is 2. The second kappa shape index (κ2) is 5.75. The molecule has 4 heteroatoms. The maximum atomic E-state index is 11.8. The molecule has 0 spiro atoms. The first-order valence-electron chi connectivity index (χ1n) is 4.19. The monoisotopic (exact) mass is 216 g/mol. The zero-order valence-electron chi connectivity index (χ0n) is 7.45. The lowest BCUT2D eigenvalue weighted by Crippen LogP contribution is -2.06. The number of benzene rings is 1. The molecule has 0 aliphatic heterocycles. The average molecular weight is 216 g/mol. The summed E-state index contributed by atoms with van der Waals surface area (Å²) in [4.78, 5) is 10.5. The minimum atomic E-state index is -2.85. The van der Waals surface area contributed by atoms with Crippen molar-refractivity contribution in [3.05, 3.63) is 35.9 Å². The molecule has 0 aromatic heterocycles. The Hall–Kier alpha value is -0.900. The highest BCUT2D eigenvalue weighted by Gasteiger charge is 2.14. The van der Waals surface area contributed by atoms with Crippen LogP contribution >= 0.6 is 11.8 Å². The number of carbonyl (C=O) groups is 1. The van der Waals surface area contributed by atoms with Crippen molar-refractivity contribution in [2.75, 3.05) is 5.75 Å². The topological polar surface area (TPSA) is 17.1 Å². The fraction of sp³-hybridized carbons (Fsp3) is 0.300. The normalized spacial score (nSPS) is 10.5. The molecule has 0 saturated heterocycles. The number of carbonyl (C=O) groups excluding carboxylic acids is 1. The molecule has 0 saturated carbocycles. The molecule has 1 nitrogen and oxygen atoms in total. The van der Waals surface area contributed by atoms with E-state index in [0.29, 0.717) is 23.9 Å². The van der Waals surface area contributed by atoms with Gasteiger partial charge >= 0.3 is 6.43 Å². The second-order valence-corrected chi connectivity index (χ2v) is 3.80. The van der Waals surface area contributed by atoms with E-state index < -0.39 is 11.5 Å². The largest absolute Gasteiger partial charge is 0.306 e. The maximum absolute atomic E-state index is 11.8. The van der Waals surface area contributed by atoms with Crippen molar-refractivity contribution in [2.24, 2.45) is 0 Å². The lowest BCUT2D eigenvalue weighted by molar-refractivity contribution is -0.120. The van der Waals surface area contributed by atoms with Crippen molar-refractivity contribution in [2.45, 2.75) is 12.8 Å². The van der Waals surface area contributed by atoms with Gasteiger partial charge < -0.3 is 0 Å². The first kappa shape index (κ1) is 11.2. The van der Waals surface area contributed by atoms with Gasteiger partial charge in [-0.3, -0.25) is 4.79 Å². The smallest absolute Gasteiger partial charge is 0.281 e. The van der Waals surface area contributed by atoms with Gasteiger partial charge in [0, 0.05) is 5.75 Å². The summed E-state index contributed by atoms with van der Waals surface area (Å²) in [5.41, 5.74) is 1.06. The van der Waals surface area contributed by atoms with Crippen molar-refractivity contribution in [1.82, 2.24) is 0 Å². The number of hydrogen-bond acceptors (Lipinski definition) is 2. The third kappa shape index (κ3) is 3.87.